The Morgan fingerprint density at radius 3 is 1.28 bits per heavy atom. The molecule has 0 fully saturated rings. The number of rotatable bonds is 14. The molecule has 0 atom stereocenters. The summed E-state index contributed by atoms with van der Waals surface area (Å²) in [7, 11) is 0. The van der Waals surface area contributed by atoms with Crippen molar-refractivity contribution >= 4 is 0 Å². The van der Waals surface area contributed by atoms with Gasteiger partial charge in [-0.3, -0.25) is 0 Å². The summed E-state index contributed by atoms with van der Waals surface area (Å²) < 4.78 is 41.6. The molecule has 0 aromatic heterocycles. The van der Waals surface area contributed by atoms with Crippen LogP contribution in [-0.2, 0) is 93.8 Å². The molecule has 0 saturated carbocycles. The average molecular weight is 704 g/mol. The number of hydrogen-bond acceptors (Lipinski definition) is 8. The molecule has 2 aromatic rings. The van der Waals surface area contributed by atoms with E-state index in [2.05, 4.69) is 12.1 Å². The Labute approximate surface area is 288 Å². The summed E-state index contributed by atoms with van der Waals surface area (Å²) in [5.74, 6) is 1.61. The first-order valence-corrected chi connectivity index (χ1v) is 10.9. The van der Waals surface area contributed by atoms with Gasteiger partial charge in [-0.1, -0.05) is 14.9 Å². The molecule has 0 N–H and O–H groups in total. The molecule has 0 aliphatic carbocycles. The van der Waals surface area contributed by atoms with Crippen molar-refractivity contribution in [3.05, 3.63) is 68.1 Å². The predicted octanol–water partition coefficient (Wildman–Crippen LogP) is 6.89. The number of ether oxygens (including phenoxy) is 8. The van der Waals surface area contributed by atoms with Crippen LogP contribution in [0, 0.1) is 19.6 Å². The molecule has 0 unspecified atom stereocenters. The molecule has 8 nitrogen and oxygen atoms in total. The van der Waals surface area contributed by atoms with Crippen LogP contribution >= 0.6 is 0 Å². The summed E-state index contributed by atoms with van der Waals surface area (Å²) in [6.45, 7) is 12.5. The first-order valence-electron chi connectivity index (χ1n) is 10.9. The zero-order valence-electron chi connectivity index (χ0n) is 23.3. The Kier molecular flexibility index (Phi) is 36.9. The van der Waals surface area contributed by atoms with Gasteiger partial charge in [-0.25, -0.2) is 0 Å². The summed E-state index contributed by atoms with van der Waals surface area (Å²) in [5.41, 5.74) is -0.339. The smallest absolute Gasteiger partial charge is 0.188 e. The third-order valence-corrected chi connectivity index (χ3v) is 3.35. The molecule has 0 saturated heterocycles. The van der Waals surface area contributed by atoms with Gasteiger partial charge >= 0.3 is 0 Å². The van der Waals surface area contributed by atoms with Gasteiger partial charge in [0, 0.05) is 76.9 Å². The second kappa shape index (κ2) is 29.5. The van der Waals surface area contributed by atoms with Gasteiger partial charge in [0.1, 0.15) is 6.79 Å². The Hall–Kier alpha value is 0.00779. The van der Waals surface area contributed by atoms with Gasteiger partial charge in [0.25, 0.3) is 0 Å². The van der Waals surface area contributed by atoms with Crippen molar-refractivity contribution in [2.75, 3.05) is 40.8 Å². The molecule has 2 rings (SSSR count). The average Bonchev–Trinajstić information content (AvgIpc) is 2.77. The Bertz CT molecular complexity index is 724. The van der Waals surface area contributed by atoms with Crippen molar-refractivity contribution in [3.63, 3.8) is 0 Å². The van der Waals surface area contributed by atoms with Gasteiger partial charge in [0.2, 0.25) is 0 Å². The molecule has 2 aromatic carbocycles. The van der Waals surface area contributed by atoms with Gasteiger partial charge in [0.15, 0.2) is 34.0 Å². The van der Waals surface area contributed by atoms with E-state index >= 15 is 0 Å². The van der Waals surface area contributed by atoms with Crippen LogP contribution in [0.1, 0.15) is 56.4 Å². The van der Waals surface area contributed by atoms with Crippen molar-refractivity contribution in [1.82, 2.24) is 0 Å². The summed E-state index contributed by atoms with van der Waals surface area (Å²) >= 11 is 0. The largest absolute Gasteiger partial charge is 0.514 e. The summed E-state index contributed by atoms with van der Waals surface area (Å²) in [6.07, 6.45) is 0. The Balaban J connectivity index is -0.000000207. The fourth-order valence-corrected chi connectivity index (χ4v) is 1.99. The Morgan fingerprint density at radius 2 is 0.897 bits per heavy atom. The molecule has 222 valence electrons. The number of benzene rings is 2. The van der Waals surface area contributed by atoms with E-state index in [1.54, 1.807) is 24.3 Å². The normalized spacial score (nSPS) is 10.0. The van der Waals surface area contributed by atoms with Gasteiger partial charge in [-0.15, -0.1) is 24.3 Å². The van der Waals surface area contributed by atoms with Crippen molar-refractivity contribution < 1.29 is 103 Å². The zero-order chi connectivity index (χ0) is 25.1. The zero-order valence-corrected chi connectivity index (χ0v) is 29.0. The Morgan fingerprint density at radius 1 is 0.538 bits per heavy atom. The topological polar surface area (TPSA) is 73.8 Å². The summed E-state index contributed by atoms with van der Waals surface area (Å²) in [5, 5.41) is 0. The van der Waals surface area contributed by atoms with Crippen molar-refractivity contribution in [2.24, 2.45) is 0 Å². The van der Waals surface area contributed by atoms with Gasteiger partial charge < -0.3 is 45.3 Å². The monoisotopic (exact) mass is 703 g/mol. The van der Waals surface area contributed by atoms with E-state index in [1.807, 2.05) is 65.8 Å². The molecular formula is C29H49O8Y2-3. The molecule has 2 radical (unpaired) electrons. The quantitative estimate of drug-likeness (QED) is 0.120. The molecule has 0 spiro atoms. The molecule has 0 bridgehead atoms. The minimum absolute atomic E-state index is 0. The molecule has 0 heterocycles. The standard InChI is InChI=1S/C16H25O7.C10H13O.2CH4.CH3.2Y/c1-16(2,3)23-14-21-12-19-10-17-9-18-11-20-13-22-15-7-5-4-6-8-15;1-10(2,3)11-9-7-5-4-6-8-9;;;;;/h5-8H,9-14H2,1-3H3;5-8H,1-3H3;2*1H4;1H3;;/q2*-1;;;-1;;. The minimum Gasteiger partial charge on any atom is -0.514 e. The van der Waals surface area contributed by atoms with E-state index in [4.69, 9.17) is 37.9 Å². The van der Waals surface area contributed by atoms with Crippen molar-refractivity contribution in [3.8, 4) is 11.5 Å². The molecule has 0 aliphatic heterocycles. The van der Waals surface area contributed by atoms with Crippen molar-refractivity contribution in [1.29, 1.82) is 0 Å². The van der Waals surface area contributed by atoms with Crippen LogP contribution in [-0.4, -0.2) is 52.0 Å². The second-order valence-corrected chi connectivity index (χ2v) is 8.81. The van der Waals surface area contributed by atoms with Crippen LogP contribution in [0.25, 0.3) is 0 Å². The van der Waals surface area contributed by atoms with E-state index in [9.17, 15) is 0 Å². The van der Waals surface area contributed by atoms with Crippen LogP contribution < -0.4 is 9.47 Å². The van der Waals surface area contributed by atoms with Crippen LogP contribution in [0.2, 0.25) is 0 Å². The van der Waals surface area contributed by atoms with Crippen molar-refractivity contribution in [2.45, 2.75) is 67.6 Å². The molecule has 0 amide bonds. The van der Waals surface area contributed by atoms with Gasteiger partial charge in [-0.05, 0) is 41.5 Å². The third kappa shape index (κ3) is 34.1. The fourth-order valence-electron chi connectivity index (χ4n) is 1.99. The van der Waals surface area contributed by atoms with E-state index in [0.717, 1.165) is 5.75 Å². The third-order valence-electron chi connectivity index (χ3n) is 3.35. The maximum Gasteiger partial charge on any atom is 0.188 e. The van der Waals surface area contributed by atoms with E-state index in [-0.39, 0.29) is 140 Å². The van der Waals surface area contributed by atoms with Gasteiger partial charge in [-0.2, -0.15) is 36.4 Å². The first-order chi connectivity index (χ1) is 16.2. The SMILES string of the molecule is C.C.CC(C)(C)OCOCOCOCOCOCOc1cc[c-]cc1.CC(C)(C)Oc1cc[c-]cc1.[CH3-].[Y].[Y]. The maximum atomic E-state index is 5.58. The van der Waals surface area contributed by atoms with E-state index in [0.29, 0.717) is 5.75 Å². The maximum absolute atomic E-state index is 5.58. The summed E-state index contributed by atoms with van der Waals surface area (Å²) in [6, 6.07) is 20.5. The second-order valence-electron chi connectivity index (χ2n) is 8.81. The minimum atomic E-state index is -0.229. The predicted molar refractivity (Wildman–Crippen MR) is 147 cm³/mol. The molecule has 0 aliphatic rings. The van der Waals surface area contributed by atoms with Crippen LogP contribution in [0.5, 0.6) is 11.5 Å². The number of hydrogen-bond donors (Lipinski definition) is 0. The van der Waals surface area contributed by atoms with E-state index < -0.39 is 0 Å². The van der Waals surface area contributed by atoms with Crippen LogP contribution in [0.15, 0.2) is 48.5 Å². The van der Waals surface area contributed by atoms with E-state index in [1.165, 1.54) is 0 Å². The summed E-state index contributed by atoms with van der Waals surface area (Å²) in [4.78, 5) is 0. The molecular weight excluding hydrogens is 654 g/mol. The van der Waals surface area contributed by atoms with Crippen LogP contribution in [0.3, 0.4) is 0 Å². The van der Waals surface area contributed by atoms with Gasteiger partial charge in [0.05, 0.1) is 11.2 Å². The molecule has 10 heteroatoms. The molecule has 39 heavy (non-hydrogen) atoms. The first kappa shape index (κ1) is 48.7. The fraction of sp³-hybridized carbons (Fsp3) is 0.552. The van der Waals surface area contributed by atoms with Crippen LogP contribution in [0.4, 0.5) is 0 Å².